The average Bonchev–Trinajstić information content (AvgIpc) is 3.06. The van der Waals surface area contributed by atoms with Crippen LogP contribution in [0.25, 0.3) is 0 Å². The maximum Gasteiger partial charge on any atom is 0.333 e. The van der Waals surface area contributed by atoms with Crippen molar-refractivity contribution in [3.63, 3.8) is 0 Å². The van der Waals surface area contributed by atoms with Gasteiger partial charge in [0.1, 0.15) is 18.1 Å². The molecule has 4 unspecified atom stereocenters. The zero-order chi connectivity index (χ0) is 21.9. The predicted octanol–water partition coefficient (Wildman–Crippen LogP) is 3.15. The third-order valence-corrected chi connectivity index (χ3v) is 6.52. The van der Waals surface area contributed by atoms with Crippen molar-refractivity contribution in [3.05, 3.63) is 82.4 Å². The second kappa shape index (κ2) is 6.89. The first-order chi connectivity index (χ1) is 14.9. The molecule has 158 valence electrons. The van der Waals surface area contributed by atoms with Crippen LogP contribution >= 0.6 is 0 Å². The van der Waals surface area contributed by atoms with Gasteiger partial charge in [-0.25, -0.2) is 4.79 Å². The summed E-state index contributed by atoms with van der Waals surface area (Å²) in [7, 11) is 0. The fraction of sp³-hybridized carbons (Fsp3) is 0.320. The molecule has 1 fully saturated rings. The molecule has 2 aromatic rings. The number of aryl methyl sites for hydroxylation is 1. The van der Waals surface area contributed by atoms with Crippen molar-refractivity contribution in [2.75, 3.05) is 13.2 Å². The molecular formula is C25H22O6. The number of hydrogen-bond donors (Lipinski definition) is 0. The van der Waals surface area contributed by atoms with Crippen molar-refractivity contribution in [2.24, 2.45) is 11.8 Å². The molecule has 0 saturated carbocycles. The summed E-state index contributed by atoms with van der Waals surface area (Å²) < 4.78 is 16.8. The molecule has 0 spiro atoms. The fourth-order valence-electron chi connectivity index (χ4n) is 5.37. The van der Waals surface area contributed by atoms with Gasteiger partial charge in [-0.1, -0.05) is 54.6 Å². The maximum atomic E-state index is 12.9. The Kier molecular flexibility index (Phi) is 4.38. The summed E-state index contributed by atoms with van der Waals surface area (Å²) in [6.45, 7) is 7.18. The third-order valence-electron chi connectivity index (χ3n) is 6.52. The van der Waals surface area contributed by atoms with E-state index in [1.54, 1.807) is 6.92 Å². The van der Waals surface area contributed by atoms with E-state index in [9.17, 15) is 14.4 Å². The van der Waals surface area contributed by atoms with E-state index < -0.39 is 35.3 Å². The molecule has 3 aliphatic carbocycles. The number of ether oxygens (including phenoxy) is 3. The normalized spacial score (nSPS) is 27.2. The molecule has 4 aliphatic rings. The minimum absolute atomic E-state index is 0.000564. The molecule has 0 radical (unpaired) electrons. The van der Waals surface area contributed by atoms with Gasteiger partial charge >= 0.3 is 17.9 Å². The second-order valence-corrected chi connectivity index (χ2v) is 8.40. The van der Waals surface area contributed by atoms with Crippen molar-refractivity contribution in [2.45, 2.75) is 25.4 Å². The van der Waals surface area contributed by atoms with E-state index in [1.165, 1.54) is 0 Å². The lowest BCUT2D eigenvalue weighted by atomic mass is 9.52. The summed E-state index contributed by atoms with van der Waals surface area (Å²) in [5.74, 6) is -3.27. The van der Waals surface area contributed by atoms with Crippen LogP contribution in [0.2, 0.25) is 0 Å². The van der Waals surface area contributed by atoms with E-state index in [0.717, 1.165) is 27.8 Å². The zero-order valence-electron chi connectivity index (χ0n) is 17.3. The molecule has 4 atom stereocenters. The third kappa shape index (κ3) is 2.64. The maximum absolute atomic E-state index is 12.9. The highest BCUT2D eigenvalue weighted by molar-refractivity contribution is 6.00. The molecule has 31 heavy (non-hydrogen) atoms. The first-order valence-electron chi connectivity index (χ1n) is 10.3. The SMILES string of the molecule is C=C(C)C(=O)OCCOC12c3ccccc3C(c3ccc(C)cc31)C1C(=O)OC(=O)C12. The Morgan fingerprint density at radius 1 is 1.06 bits per heavy atom. The lowest BCUT2D eigenvalue weighted by Gasteiger charge is -2.53. The number of rotatable bonds is 5. The molecule has 6 nitrogen and oxygen atoms in total. The van der Waals surface area contributed by atoms with Crippen LogP contribution in [0.5, 0.6) is 0 Å². The van der Waals surface area contributed by atoms with Gasteiger partial charge in [-0.2, -0.15) is 0 Å². The minimum Gasteiger partial charge on any atom is -0.460 e. The van der Waals surface area contributed by atoms with Crippen LogP contribution in [-0.4, -0.2) is 31.1 Å². The largest absolute Gasteiger partial charge is 0.460 e. The molecule has 0 N–H and O–H groups in total. The summed E-state index contributed by atoms with van der Waals surface area (Å²) in [5, 5.41) is 0. The van der Waals surface area contributed by atoms with Crippen LogP contribution in [0.15, 0.2) is 54.6 Å². The lowest BCUT2D eigenvalue weighted by Crippen LogP contribution is -2.55. The van der Waals surface area contributed by atoms with Crippen molar-refractivity contribution >= 4 is 17.9 Å². The quantitative estimate of drug-likeness (QED) is 0.321. The van der Waals surface area contributed by atoms with Crippen molar-refractivity contribution in [1.82, 2.24) is 0 Å². The molecule has 0 aromatic heterocycles. The van der Waals surface area contributed by atoms with Gasteiger partial charge < -0.3 is 14.2 Å². The Morgan fingerprint density at radius 2 is 1.81 bits per heavy atom. The molecule has 6 rings (SSSR count). The predicted molar refractivity (Wildman–Crippen MR) is 110 cm³/mol. The second-order valence-electron chi connectivity index (χ2n) is 8.40. The summed E-state index contributed by atoms with van der Waals surface area (Å²) in [5.41, 5.74) is 3.80. The van der Waals surface area contributed by atoms with Gasteiger partial charge in [0.2, 0.25) is 0 Å². The van der Waals surface area contributed by atoms with Gasteiger partial charge in [-0.05, 0) is 36.1 Å². The van der Waals surface area contributed by atoms with E-state index in [2.05, 4.69) is 6.58 Å². The van der Waals surface area contributed by atoms with Crippen molar-refractivity contribution < 1.29 is 28.6 Å². The first kappa shape index (κ1) is 19.7. The van der Waals surface area contributed by atoms with Crippen LogP contribution < -0.4 is 0 Å². The molecule has 1 saturated heterocycles. The van der Waals surface area contributed by atoms with Crippen LogP contribution in [0.3, 0.4) is 0 Å². The van der Waals surface area contributed by atoms with Gasteiger partial charge in [0.05, 0.1) is 12.5 Å². The Labute approximate surface area is 179 Å². The topological polar surface area (TPSA) is 78.9 Å². The number of carbonyl (C=O) groups is 3. The minimum atomic E-state index is -1.18. The summed E-state index contributed by atoms with van der Waals surface area (Å²) in [4.78, 5) is 37.5. The number of esters is 3. The Balaban J connectivity index is 1.65. The molecule has 0 amide bonds. The highest BCUT2D eigenvalue weighted by Gasteiger charge is 2.68. The van der Waals surface area contributed by atoms with E-state index >= 15 is 0 Å². The lowest BCUT2D eigenvalue weighted by molar-refractivity contribution is -0.160. The molecular weight excluding hydrogens is 396 g/mol. The zero-order valence-corrected chi connectivity index (χ0v) is 17.3. The molecule has 2 aromatic carbocycles. The van der Waals surface area contributed by atoms with Crippen molar-refractivity contribution in [1.29, 1.82) is 0 Å². The molecule has 6 heteroatoms. The van der Waals surface area contributed by atoms with Crippen LogP contribution in [0.4, 0.5) is 0 Å². The number of benzene rings is 2. The van der Waals surface area contributed by atoms with Crippen LogP contribution in [-0.2, 0) is 34.2 Å². The van der Waals surface area contributed by atoms with Gasteiger partial charge in [-0.15, -0.1) is 0 Å². The fourth-order valence-corrected chi connectivity index (χ4v) is 5.37. The van der Waals surface area contributed by atoms with Gasteiger partial charge in [0, 0.05) is 11.5 Å². The monoisotopic (exact) mass is 418 g/mol. The summed E-state index contributed by atoms with van der Waals surface area (Å²) in [6.07, 6.45) is 0. The van der Waals surface area contributed by atoms with E-state index in [0.29, 0.717) is 5.57 Å². The highest BCUT2D eigenvalue weighted by atomic mass is 16.6. The Bertz CT molecular complexity index is 1150. The molecule has 2 bridgehead atoms. The Morgan fingerprint density at radius 3 is 2.58 bits per heavy atom. The number of carbonyl (C=O) groups excluding carboxylic acids is 3. The van der Waals surface area contributed by atoms with E-state index in [-0.39, 0.29) is 19.1 Å². The Hall–Kier alpha value is -3.25. The van der Waals surface area contributed by atoms with E-state index in [1.807, 2.05) is 49.4 Å². The van der Waals surface area contributed by atoms with Gasteiger partial charge in [0.25, 0.3) is 0 Å². The average molecular weight is 418 g/mol. The van der Waals surface area contributed by atoms with Gasteiger partial charge in [-0.3, -0.25) is 9.59 Å². The molecule has 1 aliphatic heterocycles. The first-order valence-corrected chi connectivity index (χ1v) is 10.3. The van der Waals surface area contributed by atoms with Crippen LogP contribution in [0, 0.1) is 18.8 Å². The standard InChI is InChI=1S/C25H22O6/c1-13(2)22(26)29-10-11-30-25-17-7-5-4-6-15(17)19(16-9-8-14(3)12-18(16)25)20-21(25)24(28)31-23(20)27/h4-9,12,19-21H,1,10-11H2,2-3H3. The van der Waals surface area contributed by atoms with Gasteiger partial charge in [0.15, 0.2) is 0 Å². The smallest absolute Gasteiger partial charge is 0.333 e. The molecule has 1 heterocycles. The number of hydrogen-bond acceptors (Lipinski definition) is 6. The van der Waals surface area contributed by atoms with Crippen molar-refractivity contribution in [3.8, 4) is 0 Å². The summed E-state index contributed by atoms with van der Waals surface area (Å²) in [6, 6.07) is 13.8. The summed E-state index contributed by atoms with van der Waals surface area (Å²) >= 11 is 0. The number of cyclic esters (lactones) is 2. The van der Waals surface area contributed by atoms with Crippen LogP contribution in [0.1, 0.15) is 40.7 Å². The highest BCUT2D eigenvalue weighted by Crippen LogP contribution is 2.64. The van der Waals surface area contributed by atoms with E-state index in [4.69, 9.17) is 14.2 Å².